The van der Waals surface area contributed by atoms with Gasteiger partial charge in [0.2, 0.25) is 0 Å². The molecule has 0 saturated heterocycles. The summed E-state index contributed by atoms with van der Waals surface area (Å²) in [5, 5.41) is 1.01. The molecule has 0 aliphatic carbocycles. The first-order chi connectivity index (χ1) is 14.1. The Hall–Kier alpha value is -3.71. The summed E-state index contributed by atoms with van der Waals surface area (Å²) in [6.45, 7) is 0. The minimum Gasteiger partial charge on any atom is -0.497 e. The predicted octanol–water partition coefficient (Wildman–Crippen LogP) is 4.25. The van der Waals surface area contributed by atoms with E-state index in [9.17, 15) is 4.79 Å². The maximum Gasteiger partial charge on any atom is 0.268 e. The monoisotopic (exact) mass is 400 g/mol. The molecule has 7 heteroatoms. The van der Waals surface area contributed by atoms with Crippen LogP contribution in [0.2, 0.25) is 0 Å². The quantitative estimate of drug-likeness (QED) is 0.458. The number of methoxy groups -OCH3 is 1. The number of aromatic nitrogens is 3. The number of hydrogen-bond acceptors (Lipinski definition) is 6. The summed E-state index contributed by atoms with van der Waals surface area (Å²) in [6, 6.07) is 20.5. The second-order valence-corrected chi connectivity index (χ2v) is 7.56. The van der Waals surface area contributed by atoms with Crippen molar-refractivity contribution in [1.82, 2.24) is 14.5 Å². The fraction of sp³-hybridized carbons (Fsp3) is 0.0455. The van der Waals surface area contributed by atoms with Crippen LogP contribution in [-0.4, -0.2) is 21.6 Å². The summed E-state index contributed by atoms with van der Waals surface area (Å²) >= 11 is 1.43. The third-order valence-electron chi connectivity index (χ3n) is 4.70. The van der Waals surface area contributed by atoms with Crippen LogP contribution in [0.25, 0.3) is 37.6 Å². The number of thiazole rings is 1. The van der Waals surface area contributed by atoms with Crippen molar-refractivity contribution >= 4 is 38.1 Å². The lowest BCUT2D eigenvalue weighted by molar-refractivity contribution is 0.415. The van der Waals surface area contributed by atoms with Gasteiger partial charge in [-0.05, 0) is 30.3 Å². The molecule has 5 rings (SSSR count). The Morgan fingerprint density at radius 2 is 1.79 bits per heavy atom. The molecule has 3 aromatic carbocycles. The van der Waals surface area contributed by atoms with Gasteiger partial charge in [-0.25, -0.2) is 14.5 Å². The molecular weight excluding hydrogens is 384 g/mol. The molecule has 0 radical (unpaired) electrons. The summed E-state index contributed by atoms with van der Waals surface area (Å²) in [4.78, 5) is 23.0. The molecule has 0 unspecified atom stereocenters. The lowest BCUT2D eigenvalue weighted by atomic mass is 10.1. The molecule has 0 fully saturated rings. The number of ether oxygens (including phenoxy) is 1. The van der Waals surface area contributed by atoms with Crippen LogP contribution < -0.4 is 16.0 Å². The van der Waals surface area contributed by atoms with Gasteiger partial charge in [0.05, 0.1) is 28.2 Å². The molecule has 5 aromatic rings. The summed E-state index contributed by atoms with van der Waals surface area (Å²) in [5.74, 6) is 1.26. The normalized spacial score (nSPS) is 11.2. The lowest BCUT2D eigenvalue weighted by Crippen LogP contribution is -2.22. The minimum absolute atomic E-state index is 0.202. The Bertz CT molecular complexity index is 1420. The fourth-order valence-corrected chi connectivity index (χ4v) is 4.23. The predicted molar refractivity (Wildman–Crippen MR) is 117 cm³/mol. The van der Waals surface area contributed by atoms with Crippen molar-refractivity contribution in [3.63, 3.8) is 0 Å². The van der Waals surface area contributed by atoms with Crippen LogP contribution in [0.15, 0.2) is 71.5 Å². The zero-order valence-electron chi connectivity index (χ0n) is 15.5. The molecule has 2 aromatic heterocycles. The van der Waals surface area contributed by atoms with E-state index in [2.05, 4.69) is 0 Å². The highest BCUT2D eigenvalue weighted by atomic mass is 32.1. The van der Waals surface area contributed by atoms with Gasteiger partial charge < -0.3 is 10.5 Å². The van der Waals surface area contributed by atoms with E-state index in [4.69, 9.17) is 20.4 Å². The highest BCUT2D eigenvalue weighted by Crippen LogP contribution is 2.30. The largest absolute Gasteiger partial charge is 0.497 e. The van der Waals surface area contributed by atoms with Crippen molar-refractivity contribution in [3.8, 4) is 22.3 Å². The third-order valence-corrected chi connectivity index (χ3v) is 5.72. The lowest BCUT2D eigenvalue weighted by Gasteiger charge is -2.11. The highest BCUT2D eigenvalue weighted by Gasteiger charge is 2.18. The van der Waals surface area contributed by atoms with Crippen molar-refractivity contribution < 1.29 is 4.74 Å². The molecule has 29 heavy (non-hydrogen) atoms. The van der Waals surface area contributed by atoms with Crippen LogP contribution in [0.4, 0.5) is 5.69 Å². The second kappa shape index (κ2) is 6.72. The maximum atomic E-state index is 13.5. The highest BCUT2D eigenvalue weighted by molar-refractivity contribution is 7.20. The molecule has 0 aliphatic rings. The Balaban J connectivity index is 1.86. The van der Waals surface area contributed by atoms with E-state index in [1.165, 1.54) is 11.3 Å². The number of benzene rings is 3. The number of anilines is 1. The molecule has 0 amide bonds. The SMILES string of the molecule is COc1ccc2sc(-n3c(-c4ccccc4)nc4ccc(N)cc4c3=O)nc2c1. The van der Waals surface area contributed by atoms with Crippen LogP contribution in [0.5, 0.6) is 5.75 Å². The maximum absolute atomic E-state index is 13.5. The molecule has 142 valence electrons. The minimum atomic E-state index is -0.202. The first-order valence-electron chi connectivity index (χ1n) is 8.97. The van der Waals surface area contributed by atoms with E-state index in [1.807, 2.05) is 48.5 Å². The number of nitrogens with two attached hydrogens (primary N) is 1. The summed E-state index contributed by atoms with van der Waals surface area (Å²) < 4.78 is 7.82. The van der Waals surface area contributed by atoms with Gasteiger partial charge in [-0.2, -0.15) is 0 Å². The topological polar surface area (TPSA) is 83.0 Å². The Labute approximate surface area is 169 Å². The molecule has 0 atom stereocenters. The van der Waals surface area contributed by atoms with Gasteiger partial charge in [0, 0.05) is 17.3 Å². The van der Waals surface area contributed by atoms with Crippen LogP contribution in [0.1, 0.15) is 0 Å². The van der Waals surface area contributed by atoms with E-state index in [-0.39, 0.29) is 5.56 Å². The first-order valence-corrected chi connectivity index (χ1v) is 9.78. The van der Waals surface area contributed by atoms with Gasteiger partial charge in [0.15, 0.2) is 5.13 Å². The first kappa shape index (κ1) is 17.4. The molecule has 6 nitrogen and oxygen atoms in total. The van der Waals surface area contributed by atoms with Gasteiger partial charge >= 0.3 is 0 Å². The smallest absolute Gasteiger partial charge is 0.268 e. The summed E-state index contributed by atoms with van der Waals surface area (Å²) in [6.07, 6.45) is 0. The average molecular weight is 400 g/mol. The van der Waals surface area contributed by atoms with Gasteiger partial charge in [-0.15, -0.1) is 0 Å². The number of fused-ring (bicyclic) bond motifs is 2. The van der Waals surface area contributed by atoms with Crippen molar-refractivity contribution in [2.45, 2.75) is 0 Å². The fourth-order valence-electron chi connectivity index (χ4n) is 3.28. The molecule has 2 N–H and O–H groups in total. The summed E-state index contributed by atoms with van der Waals surface area (Å²) in [7, 11) is 1.62. The van der Waals surface area contributed by atoms with Crippen molar-refractivity contribution in [2.75, 3.05) is 12.8 Å². The molecular formula is C22H16N4O2S. The summed E-state index contributed by atoms with van der Waals surface area (Å²) in [5.41, 5.74) is 8.44. The van der Waals surface area contributed by atoms with Crippen LogP contribution in [0, 0.1) is 0 Å². The number of hydrogen-bond donors (Lipinski definition) is 1. The van der Waals surface area contributed by atoms with Crippen LogP contribution >= 0.6 is 11.3 Å². The van der Waals surface area contributed by atoms with Gasteiger partial charge in [0.25, 0.3) is 5.56 Å². The molecule has 0 aliphatic heterocycles. The van der Waals surface area contributed by atoms with E-state index >= 15 is 0 Å². The zero-order chi connectivity index (χ0) is 20.0. The number of rotatable bonds is 3. The van der Waals surface area contributed by atoms with Crippen LogP contribution in [0.3, 0.4) is 0 Å². The van der Waals surface area contributed by atoms with Gasteiger partial charge in [-0.1, -0.05) is 41.7 Å². The Kier molecular flexibility index (Phi) is 4.03. The average Bonchev–Trinajstić information content (AvgIpc) is 3.17. The van der Waals surface area contributed by atoms with Crippen molar-refractivity contribution in [2.24, 2.45) is 0 Å². The van der Waals surface area contributed by atoms with E-state index in [1.54, 1.807) is 29.9 Å². The Morgan fingerprint density at radius 3 is 2.59 bits per heavy atom. The Morgan fingerprint density at radius 1 is 0.966 bits per heavy atom. The van der Waals surface area contributed by atoms with Crippen molar-refractivity contribution in [1.29, 1.82) is 0 Å². The molecule has 0 spiro atoms. The molecule has 0 bridgehead atoms. The number of nitrogens with zero attached hydrogens (tertiary/aromatic N) is 3. The molecule has 0 saturated carbocycles. The van der Waals surface area contributed by atoms with E-state index in [0.29, 0.717) is 27.5 Å². The third kappa shape index (κ3) is 2.92. The van der Waals surface area contributed by atoms with E-state index in [0.717, 1.165) is 21.5 Å². The van der Waals surface area contributed by atoms with Gasteiger partial charge in [0.1, 0.15) is 11.6 Å². The second-order valence-electron chi connectivity index (χ2n) is 6.55. The van der Waals surface area contributed by atoms with Gasteiger partial charge in [-0.3, -0.25) is 4.79 Å². The van der Waals surface area contributed by atoms with Crippen molar-refractivity contribution in [3.05, 3.63) is 77.1 Å². The standard InChI is InChI=1S/C22H16N4O2S/c1-28-15-8-10-19-18(12-15)25-22(29-19)26-20(13-5-3-2-4-6-13)24-17-9-7-14(23)11-16(17)21(26)27/h2-12H,23H2,1H3. The molecule has 2 heterocycles. The zero-order valence-corrected chi connectivity index (χ0v) is 16.3. The number of nitrogen functional groups attached to an aromatic ring is 1. The van der Waals surface area contributed by atoms with E-state index < -0.39 is 0 Å². The van der Waals surface area contributed by atoms with Crippen LogP contribution in [-0.2, 0) is 0 Å².